The standard InChI is InChI=1S/C10H13O3/c1-11-7-8-13-10-6-4-3-5-9(10)12-2/h3,5-6H,7-8H2,1-2H3. The smallest absolute Gasteiger partial charge is 0.161 e. The number of benzene rings is 1. The molecule has 0 bridgehead atoms. The molecule has 0 saturated carbocycles. The fraction of sp³-hybridized carbons (Fsp3) is 0.400. The summed E-state index contributed by atoms with van der Waals surface area (Å²) < 4.78 is 15.3. The lowest BCUT2D eigenvalue weighted by atomic mass is 10.3. The van der Waals surface area contributed by atoms with Gasteiger partial charge in [0, 0.05) is 7.11 Å². The van der Waals surface area contributed by atoms with E-state index in [1.807, 2.05) is 6.07 Å². The summed E-state index contributed by atoms with van der Waals surface area (Å²) in [7, 11) is 3.25. The highest BCUT2D eigenvalue weighted by molar-refractivity contribution is 5.38. The van der Waals surface area contributed by atoms with Gasteiger partial charge in [-0.25, -0.2) is 0 Å². The summed E-state index contributed by atoms with van der Waals surface area (Å²) in [6.07, 6.45) is 0. The van der Waals surface area contributed by atoms with Crippen molar-refractivity contribution in [2.45, 2.75) is 0 Å². The molecule has 1 aromatic rings. The Morgan fingerprint density at radius 3 is 2.77 bits per heavy atom. The molecular weight excluding hydrogens is 168 g/mol. The Hall–Kier alpha value is -1.22. The minimum Gasteiger partial charge on any atom is -0.493 e. The molecule has 0 saturated heterocycles. The maximum atomic E-state index is 5.39. The van der Waals surface area contributed by atoms with E-state index in [0.717, 1.165) is 5.75 Å². The summed E-state index contributed by atoms with van der Waals surface area (Å²) >= 11 is 0. The van der Waals surface area contributed by atoms with E-state index in [4.69, 9.17) is 14.2 Å². The minimum atomic E-state index is 0.519. The molecule has 3 heteroatoms. The van der Waals surface area contributed by atoms with Gasteiger partial charge in [0.25, 0.3) is 0 Å². The van der Waals surface area contributed by atoms with Gasteiger partial charge in [-0.3, -0.25) is 0 Å². The van der Waals surface area contributed by atoms with Crippen molar-refractivity contribution in [1.29, 1.82) is 0 Å². The van der Waals surface area contributed by atoms with E-state index in [9.17, 15) is 0 Å². The molecule has 0 fully saturated rings. The van der Waals surface area contributed by atoms with Crippen LogP contribution in [0.3, 0.4) is 0 Å². The zero-order valence-corrected chi connectivity index (χ0v) is 7.87. The molecular formula is C10H13O3. The monoisotopic (exact) mass is 181 g/mol. The van der Waals surface area contributed by atoms with Gasteiger partial charge in [-0.15, -0.1) is 0 Å². The molecule has 0 heterocycles. The molecule has 0 spiro atoms. The second-order valence-corrected chi connectivity index (χ2v) is 2.42. The van der Waals surface area contributed by atoms with Gasteiger partial charge in [0.2, 0.25) is 0 Å². The SMILES string of the molecule is COCCOc1c[c]ccc1OC. The molecule has 13 heavy (non-hydrogen) atoms. The van der Waals surface area contributed by atoms with Gasteiger partial charge in [0.1, 0.15) is 6.61 Å². The second-order valence-electron chi connectivity index (χ2n) is 2.42. The third kappa shape index (κ3) is 2.95. The number of hydrogen-bond donors (Lipinski definition) is 0. The average Bonchev–Trinajstić information content (AvgIpc) is 2.19. The molecule has 1 rings (SSSR count). The van der Waals surface area contributed by atoms with Crippen molar-refractivity contribution in [1.82, 2.24) is 0 Å². The molecule has 71 valence electrons. The van der Waals surface area contributed by atoms with Gasteiger partial charge in [0.05, 0.1) is 13.7 Å². The van der Waals surface area contributed by atoms with E-state index in [2.05, 4.69) is 6.07 Å². The molecule has 0 N–H and O–H groups in total. The van der Waals surface area contributed by atoms with Crippen LogP contribution in [0.4, 0.5) is 0 Å². The first-order chi connectivity index (χ1) is 6.38. The number of hydrogen-bond acceptors (Lipinski definition) is 3. The van der Waals surface area contributed by atoms with Gasteiger partial charge in [-0.2, -0.15) is 0 Å². The van der Waals surface area contributed by atoms with E-state index in [-0.39, 0.29) is 0 Å². The molecule has 0 amide bonds. The normalized spacial score (nSPS) is 9.69. The zero-order valence-electron chi connectivity index (χ0n) is 7.87. The predicted molar refractivity (Wildman–Crippen MR) is 49.2 cm³/mol. The number of ether oxygens (including phenoxy) is 3. The number of rotatable bonds is 5. The first kappa shape index (κ1) is 9.86. The van der Waals surface area contributed by atoms with Crippen molar-refractivity contribution < 1.29 is 14.2 Å². The molecule has 0 aliphatic heterocycles. The lowest BCUT2D eigenvalue weighted by Gasteiger charge is -2.08. The molecule has 1 radical (unpaired) electrons. The fourth-order valence-corrected chi connectivity index (χ4v) is 0.917. The van der Waals surface area contributed by atoms with Crippen molar-refractivity contribution >= 4 is 0 Å². The van der Waals surface area contributed by atoms with Crippen LogP contribution in [0.2, 0.25) is 0 Å². The number of methoxy groups -OCH3 is 2. The summed E-state index contributed by atoms with van der Waals surface area (Å²) in [5, 5.41) is 0. The fourth-order valence-electron chi connectivity index (χ4n) is 0.917. The van der Waals surface area contributed by atoms with Gasteiger partial charge in [-0.05, 0) is 18.2 Å². The molecule has 0 aromatic heterocycles. The van der Waals surface area contributed by atoms with Crippen LogP contribution in [0.25, 0.3) is 0 Å². The van der Waals surface area contributed by atoms with Crippen LogP contribution in [-0.2, 0) is 4.74 Å². The lowest BCUT2D eigenvalue weighted by Crippen LogP contribution is -2.05. The topological polar surface area (TPSA) is 27.7 Å². The van der Waals surface area contributed by atoms with E-state index in [1.165, 1.54) is 0 Å². The van der Waals surface area contributed by atoms with Crippen LogP contribution in [0, 0.1) is 6.07 Å². The van der Waals surface area contributed by atoms with Crippen LogP contribution in [0.15, 0.2) is 18.2 Å². The first-order valence-corrected chi connectivity index (χ1v) is 4.04. The van der Waals surface area contributed by atoms with Gasteiger partial charge in [-0.1, -0.05) is 6.07 Å². The van der Waals surface area contributed by atoms with Gasteiger partial charge < -0.3 is 14.2 Å². The van der Waals surface area contributed by atoms with E-state index >= 15 is 0 Å². The van der Waals surface area contributed by atoms with Crippen molar-refractivity contribution in [2.24, 2.45) is 0 Å². The Morgan fingerprint density at radius 2 is 2.08 bits per heavy atom. The summed E-state index contributed by atoms with van der Waals surface area (Å²) in [5.41, 5.74) is 0. The van der Waals surface area contributed by atoms with E-state index in [0.29, 0.717) is 19.0 Å². The Morgan fingerprint density at radius 1 is 1.23 bits per heavy atom. The Labute approximate surface area is 78.2 Å². The van der Waals surface area contributed by atoms with Gasteiger partial charge in [0.15, 0.2) is 11.5 Å². The summed E-state index contributed by atoms with van der Waals surface area (Å²) in [4.78, 5) is 0. The predicted octanol–water partition coefficient (Wildman–Crippen LogP) is 1.52. The van der Waals surface area contributed by atoms with Crippen molar-refractivity contribution in [3.05, 3.63) is 24.3 Å². The quantitative estimate of drug-likeness (QED) is 0.644. The van der Waals surface area contributed by atoms with Crippen LogP contribution in [0.5, 0.6) is 11.5 Å². The molecule has 0 aliphatic carbocycles. The maximum absolute atomic E-state index is 5.39. The Balaban J connectivity index is 2.54. The summed E-state index contributed by atoms with van der Waals surface area (Å²) in [5.74, 6) is 1.41. The van der Waals surface area contributed by atoms with E-state index in [1.54, 1.807) is 26.4 Å². The van der Waals surface area contributed by atoms with Crippen molar-refractivity contribution in [3.63, 3.8) is 0 Å². The summed E-state index contributed by atoms with van der Waals surface area (Å²) in [6.45, 7) is 1.09. The average molecular weight is 181 g/mol. The van der Waals surface area contributed by atoms with Crippen LogP contribution < -0.4 is 9.47 Å². The molecule has 0 atom stereocenters. The Bertz CT molecular complexity index is 248. The highest BCUT2D eigenvalue weighted by Gasteiger charge is 2.00. The minimum absolute atomic E-state index is 0.519. The van der Waals surface area contributed by atoms with E-state index < -0.39 is 0 Å². The van der Waals surface area contributed by atoms with Crippen molar-refractivity contribution in [3.8, 4) is 11.5 Å². The summed E-state index contributed by atoms with van der Waals surface area (Å²) in [6, 6.07) is 8.25. The molecule has 3 nitrogen and oxygen atoms in total. The van der Waals surface area contributed by atoms with Crippen LogP contribution >= 0.6 is 0 Å². The first-order valence-electron chi connectivity index (χ1n) is 4.04. The van der Waals surface area contributed by atoms with Gasteiger partial charge >= 0.3 is 0 Å². The lowest BCUT2D eigenvalue weighted by molar-refractivity contribution is 0.144. The third-order valence-electron chi connectivity index (χ3n) is 1.55. The zero-order chi connectivity index (χ0) is 9.52. The largest absolute Gasteiger partial charge is 0.493 e. The van der Waals surface area contributed by atoms with Crippen LogP contribution in [0.1, 0.15) is 0 Å². The highest BCUT2D eigenvalue weighted by Crippen LogP contribution is 2.25. The highest BCUT2D eigenvalue weighted by atomic mass is 16.5. The maximum Gasteiger partial charge on any atom is 0.161 e. The molecule has 0 aliphatic rings. The molecule has 0 unspecified atom stereocenters. The van der Waals surface area contributed by atoms with Crippen LogP contribution in [-0.4, -0.2) is 27.4 Å². The Kier molecular flexibility index (Phi) is 4.12. The third-order valence-corrected chi connectivity index (χ3v) is 1.55. The second kappa shape index (κ2) is 5.43. The molecule has 1 aromatic carbocycles. The van der Waals surface area contributed by atoms with Crippen molar-refractivity contribution in [2.75, 3.05) is 27.4 Å².